The van der Waals surface area contributed by atoms with Crippen LogP contribution in [-0.4, -0.2) is 50.8 Å². The van der Waals surface area contributed by atoms with Crippen molar-refractivity contribution in [2.75, 3.05) is 13.1 Å². The molecule has 0 saturated carbocycles. The highest BCUT2D eigenvalue weighted by Gasteiger charge is 2.47. The molecule has 0 spiro atoms. The number of benzene rings is 3. The Bertz CT molecular complexity index is 1400. The number of fused-ring (bicyclic) bond motifs is 4. The maximum Gasteiger partial charge on any atom is 0.246 e. The lowest BCUT2D eigenvalue weighted by Gasteiger charge is -2.47. The average molecular weight is 480 g/mol. The molecule has 0 radical (unpaired) electrons. The number of carbonyl (C=O) groups is 2. The summed E-state index contributed by atoms with van der Waals surface area (Å²) in [6, 6.07) is 26.9. The number of aliphatic hydroxyl groups excluding tert-OH is 1. The van der Waals surface area contributed by atoms with Crippen molar-refractivity contribution in [3.63, 3.8) is 0 Å². The van der Waals surface area contributed by atoms with Crippen molar-refractivity contribution >= 4 is 22.7 Å². The molecule has 182 valence electrons. The molecule has 3 heterocycles. The van der Waals surface area contributed by atoms with Crippen LogP contribution >= 0.6 is 0 Å². The summed E-state index contributed by atoms with van der Waals surface area (Å²) in [7, 11) is 0. The Morgan fingerprint density at radius 3 is 2.39 bits per heavy atom. The minimum absolute atomic E-state index is 0.0172. The van der Waals surface area contributed by atoms with E-state index in [0.717, 1.165) is 40.6 Å². The molecule has 6 rings (SSSR count). The van der Waals surface area contributed by atoms with E-state index in [-0.39, 0.29) is 30.9 Å². The summed E-state index contributed by atoms with van der Waals surface area (Å²) < 4.78 is 0. The van der Waals surface area contributed by atoms with Gasteiger partial charge >= 0.3 is 0 Å². The van der Waals surface area contributed by atoms with Crippen molar-refractivity contribution in [2.24, 2.45) is 0 Å². The number of β-amino-alcohol motifs (C(OH)–C–C–N with tert-alkyl or cyclic N) is 1. The molecule has 36 heavy (non-hydrogen) atoms. The van der Waals surface area contributed by atoms with Crippen LogP contribution in [0, 0.1) is 0 Å². The first-order valence-corrected chi connectivity index (χ1v) is 12.6. The third kappa shape index (κ3) is 3.97. The van der Waals surface area contributed by atoms with E-state index < -0.39 is 12.1 Å². The second-order valence-corrected chi connectivity index (χ2v) is 9.77. The van der Waals surface area contributed by atoms with Gasteiger partial charge in [0.25, 0.3) is 0 Å². The van der Waals surface area contributed by atoms with Gasteiger partial charge in [-0.15, -0.1) is 0 Å². The molecule has 3 atom stereocenters. The summed E-state index contributed by atoms with van der Waals surface area (Å²) >= 11 is 0. The number of carbonyl (C=O) groups excluding carboxylic acids is 2. The quantitative estimate of drug-likeness (QED) is 0.436. The van der Waals surface area contributed by atoms with Gasteiger partial charge in [-0.2, -0.15) is 0 Å². The highest BCUT2D eigenvalue weighted by molar-refractivity contribution is 5.97. The predicted molar refractivity (Wildman–Crippen MR) is 138 cm³/mol. The number of piperazine rings is 1. The van der Waals surface area contributed by atoms with Crippen molar-refractivity contribution in [2.45, 2.75) is 37.5 Å². The van der Waals surface area contributed by atoms with Gasteiger partial charge < -0.3 is 19.9 Å². The van der Waals surface area contributed by atoms with Gasteiger partial charge in [0.2, 0.25) is 11.8 Å². The fraction of sp³-hybridized carbons (Fsp3) is 0.267. The van der Waals surface area contributed by atoms with Crippen LogP contribution in [0.25, 0.3) is 10.9 Å². The minimum atomic E-state index is -0.837. The van der Waals surface area contributed by atoms with Gasteiger partial charge in [-0.25, -0.2) is 0 Å². The molecule has 1 aromatic heterocycles. The summed E-state index contributed by atoms with van der Waals surface area (Å²) in [5.74, 6) is -0.160. The fourth-order valence-corrected chi connectivity index (χ4v) is 5.84. The van der Waals surface area contributed by atoms with Gasteiger partial charge in [0.15, 0.2) is 0 Å². The van der Waals surface area contributed by atoms with Crippen LogP contribution in [0.2, 0.25) is 0 Å². The van der Waals surface area contributed by atoms with Crippen LogP contribution in [0.3, 0.4) is 0 Å². The van der Waals surface area contributed by atoms with Gasteiger partial charge in [0.05, 0.1) is 25.2 Å². The van der Waals surface area contributed by atoms with E-state index in [0.29, 0.717) is 6.42 Å². The molecule has 3 aromatic carbocycles. The van der Waals surface area contributed by atoms with E-state index >= 15 is 0 Å². The van der Waals surface area contributed by atoms with Gasteiger partial charge in [0.1, 0.15) is 6.04 Å². The molecular formula is C30H29N3O3. The molecule has 2 N–H and O–H groups in total. The van der Waals surface area contributed by atoms with Crippen LogP contribution in [-0.2, 0) is 22.4 Å². The van der Waals surface area contributed by atoms with Crippen molar-refractivity contribution in [1.82, 2.24) is 14.8 Å². The molecule has 6 heteroatoms. The number of aryl methyl sites for hydroxylation is 1. The van der Waals surface area contributed by atoms with Crippen LogP contribution < -0.4 is 0 Å². The molecule has 4 aromatic rings. The maximum atomic E-state index is 13.8. The highest BCUT2D eigenvalue weighted by atomic mass is 16.3. The molecule has 1 fully saturated rings. The lowest BCUT2D eigenvalue weighted by Crippen LogP contribution is -2.63. The smallest absolute Gasteiger partial charge is 0.246 e. The molecule has 2 amide bonds. The van der Waals surface area contributed by atoms with E-state index in [4.69, 9.17) is 0 Å². The van der Waals surface area contributed by atoms with Crippen molar-refractivity contribution in [3.05, 3.63) is 107 Å². The zero-order chi connectivity index (χ0) is 24.6. The number of aliphatic hydroxyl groups is 1. The van der Waals surface area contributed by atoms with E-state index in [9.17, 15) is 14.7 Å². The Morgan fingerprint density at radius 2 is 1.61 bits per heavy atom. The van der Waals surface area contributed by atoms with Crippen molar-refractivity contribution < 1.29 is 14.7 Å². The maximum absolute atomic E-state index is 13.8. The zero-order valence-electron chi connectivity index (χ0n) is 20.0. The van der Waals surface area contributed by atoms with Gasteiger partial charge in [-0.05, 0) is 35.6 Å². The Labute approximate surface area is 210 Å². The molecule has 6 nitrogen and oxygen atoms in total. The number of H-pyrrole nitrogens is 1. The lowest BCUT2D eigenvalue weighted by molar-refractivity contribution is -0.161. The third-order valence-corrected chi connectivity index (χ3v) is 7.59. The van der Waals surface area contributed by atoms with Crippen LogP contribution in [0.1, 0.15) is 41.0 Å². The number of hydrogen-bond acceptors (Lipinski definition) is 3. The topological polar surface area (TPSA) is 76.6 Å². The summed E-state index contributed by atoms with van der Waals surface area (Å²) in [5, 5.41) is 11.9. The van der Waals surface area contributed by atoms with Crippen molar-refractivity contribution in [1.29, 1.82) is 0 Å². The Morgan fingerprint density at radius 1 is 0.917 bits per heavy atom. The normalized spacial score (nSPS) is 20.4. The minimum Gasteiger partial charge on any atom is -0.387 e. The fourth-order valence-electron chi connectivity index (χ4n) is 5.84. The van der Waals surface area contributed by atoms with E-state index in [2.05, 4.69) is 23.2 Å². The number of para-hydroxylation sites is 1. The standard InChI is InChI=1S/C30H29N3O3/c34-27(21-11-5-2-6-12-21)18-32-19-28(35)33-25(16-15-20-9-3-1-4-10-20)29-23(17-26(33)30(32)36)22-13-7-8-14-24(22)31-29/h1-14,25-27,31,34H,15-19H2/t25-,26+,27-/m1/s1. The Balaban J connectivity index is 1.33. The Kier molecular flexibility index (Phi) is 5.82. The van der Waals surface area contributed by atoms with E-state index in [1.165, 1.54) is 10.5 Å². The Hall–Kier alpha value is -3.90. The number of rotatable bonds is 6. The predicted octanol–water partition coefficient (Wildman–Crippen LogP) is 4.17. The van der Waals surface area contributed by atoms with E-state index in [1.54, 1.807) is 0 Å². The zero-order valence-corrected chi connectivity index (χ0v) is 20.0. The van der Waals surface area contributed by atoms with Gasteiger partial charge in [-0.1, -0.05) is 78.9 Å². The molecule has 0 aliphatic carbocycles. The number of aromatic nitrogens is 1. The number of amides is 2. The summed E-state index contributed by atoms with van der Waals surface area (Å²) in [4.78, 5) is 34.3. The number of nitrogens with one attached hydrogen (secondary N) is 1. The van der Waals surface area contributed by atoms with Gasteiger partial charge in [0, 0.05) is 23.0 Å². The summed E-state index contributed by atoms with van der Waals surface area (Å²) in [6.45, 7) is 0.0883. The summed E-state index contributed by atoms with van der Waals surface area (Å²) in [6.07, 6.45) is 1.17. The number of nitrogens with zero attached hydrogens (tertiary/aromatic N) is 2. The third-order valence-electron chi connectivity index (χ3n) is 7.59. The monoisotopic (exact) mass is 479 g/mol. The van der Waals surface area contributed by atoms with Gasteiger partial charge in [-0.3, -0.25) is 9.59 Å². The van der Waals surface area contributed by atoms with Crippen LogP contribution in [0.5, 0.6) is 0 Å². The molecule has 2 aliphatic heterocycles. The summed E-state index contributed by atoms with van der Waals surface area (Å²) in [5.41, 5.74) is 5.14. The highest BCUT2D eigenvalue weighted by Crippen LogP contribution is 2.41. The average Bonchev–Trinajstić information content (AvgIpc) is 3.29. The van der Waals surface area contributed by atoms with Crippen LogP contribution in [0.4, 0.5) is 0 Å². The number of aromatic amines is 1. The SMILES string of the molecule is O=C1[C@@H]2Cc3c([nH]c4ccccc34)[C@@H](CCc3ccccc3)N2C(=O)CN1C[C@@H](O)c1ccccc1. The molecule has 0 unspecified atom stereocenters. The second-order valence-electron chi connectivity index (χ2n) is 9.77. The van der Waals surface area contributed by atoms with E-state index in [1.807, 2.05) is 71.6 Å². The molecule has 2 aliphatic rings. The molecule has 0 bridgehead atoms. The van der Waals surface area contributed by atoms with Crippen LogP contribution in [0.15, 0.2) is 84.9 Å². The first-order valence-electron chi connectivity index (χ1n) is 12.6. The van der Waals surface area contributed by atoms with Crippen molar-refractivity contribution in [3.8, 4) is 0 Å². The lowest BCUT2D eigenvalue weighted by atomic mass is 9.86. The number of hydrogen-bond donors (Lipinski definition) is 2. The first-order chi connectivity index (χ1) is 17.6. The largest absolute Gasteiger partial charge is 0.387 e. The molecule has 1 saturated heterocycles. The second kappa shape index (κ2) is 9.28. The molecular weight excluding hydrogens is 450 g/mol. The first kappa shape index (κ1) is 22.6.